The lowest BCUT2D eigenvalue weighted by molar-refractivity contribution is 0.783. The summed E-state index contributed by atoms with van der Waals surface area (Å²) in [5, 5.41) is 11.2. The Morgan fingerprint density at radius 3 is 2.65 bits per heavy atom. The highest BCUT2D eigenvalue weighted by Crippen LogP contribution is 2.27. The van der Waals surface area contributed by atoms with Gasteiger partial charge in [0.25, 0.3) is 0 Å². The quantitative estimate of drug-likeness (QED) is 0.526. The molecule has 0 aromatic carbocycles. The summed E-state index contributed by atoms with van der Waals surface area (Å²) in [7, 11) is 1.93. The fraction of sp³-hybridized carbons (Fsp3) is 0.500. The molecule has 0 saturated heterocycles. The molecule has 4 N–H and O–H groups in total. The smallest absolute Gasteiger partial charge is 0.148 e. The van der Waals surface area contributed by atoms with E-state index in [1.165, 1.54) is 6.33 Å². The molecule has 20 heavy (non-hydrogen) atoms. The van der Waals surface area contributed by atoms with E-state index in [1.807, 2.05) is 11.6 Å². The van der Waals surface area contributed by atoms with Crippen LogP contribution in [0.5, 0.6) is 0 Å². The second-order valence-corrected chi connectivity index (χ2v) is 4.82. The molecule has 0 radical (unpaired) electrons. The van der Waals surface area contributed by atoms with E-state index >= 15 is 0 Å². The molecule has 0 unspecified atom stereocenters. The van der Waals surface area contributed by atoms with Gasteiger partial charge >= 0.3 is 0 Å². The summed E-state index contributed by atoms with van der Waals surface area (Å²) >= 11 is 0. The van der Waals surface area contributed by atoms with E-state index in [1.54, 1.807) is 6.33 Å². The molecule has 2 rings (SSSR count). The molecule has 2 aromatic rings. The minimum Gasteiger partial charge on any atom is -0.369 e. The van der Waals surface area contributed by atoms with E-state index in [9.17, 15) is 0 Å². The van der Waals surface area contributed by atoms with Crippen molar-refractivity contribution in [2.45, 2.75) is 26.2 Å². The zero-order valence-corrected chi connectivity index (χ0v) is 12.0. The first-order chi connectivity index (χ1) is 9.63. The van der Waals surface area contributed by atoms with Crippen LogP contribution in [0.3, 0.4) is 0 Å². The molecular weight excluding hydrogens is 256 g/mol. The maximum Gasteiger partial charge on any atom is 0.148 e. The minimum absolute atomic E-state index is 0.263. The largest absolute Gasteiger partial charge is 0.369 e. The number of nitrogens with one attached hydrogen (secondary N) is 2. The molecule has 0 aliphatic carbocycles. The number of nitrogens with zero attached hydrogens (tertiary/aromatic N) is 5. The third kappa shape index (κ3) is 3.02. The summed E-state index contributed by atoms with van der Waals surface area (Å²) in [4.78, 5) is 8.43. The van der Waals surface area contributed by atoms with Crippen molar-refractivity contribution in [3.8, 4) is 0 Å². The van der Waals surface area contributed by atoms with Crippen LogP contribution in [-0.2, 0) is 13.5 Å². The fourth-order valence-electron chi connectivity index (χ4n) is 2.02. The van der Waals surface area contributed by atoms with Crippen LogP contribution in [0, 0.1) is 0 Å². The lowest BCUT2D eigenvalue weighted by Crippen LogP contribution is -2.16. The van der Waals surface area contributed by atoms with Crippen LogP contribution in [0.4, 0.5) is 11.6 Å². The van der Waals surface area contributed by atoms with Crippen LogP contribution >= 0.6 is 0 Å². The Labute approximate surface area is 117 Å². The number of aromatic nitrogens is 5. The van der Waals surface area contributed by atoms with Gasteiger partial charge in [-0.2, -0.15) is 0 Å². The number of nitrogen functional groups attached to an aromatic ring is 1. The van der Waals surface area contributed by atoms with Gasteiger partial charge in [-0.3, -0.25) is 0 Å². The van der Waals surface area contributed by atoms with Gasteiger partial charge in [0, 0.05) is 25.6 Å². The van der Waals surface area contributed by atoms with E-state index in [0.29, 0.717) is 12.4 Å². The third-order valence-corrected chi connectivity index (χ3v) is 3.04. The Morgan fingerprint density at radius 1 is 1.30 bits per heavy atom. The van der Waals surface area contributed by atoms with Crippen molar-refractivity contribution in [3.05, 3.63) is 24.0 Å². The van der Waals surface area contributed by atoms with Gasteiger partial charge in [-0.1, -0.05) is 13.8 Å². The van der Waals surface area contributed by atoms with Gasteiger partial charge in [0.1, 0.15) is 30.1 Å². The molecular formula is C12H20N8. The Bertz CT molecular complexity index is 562. The van der Waals surface area contributed by atoms with Crippen molar-refractivity contribution in [1.29, 1.82) is 0 Å². The molecule has 108 valence electrons. The number of hydrazine groups is 1. The summed E-state index contributed by atoms with van der Waals surface area (Å²) in [5.41, 5.74) is 3.59. The molecule has 0 fully saturated rings. The van der Waals surface area contributed by atoms with Gasteiger partial charge < -0.3 is 15.3 Å². The molecule has 0 amide bonds. The second-order valence-electron chi connectivity index (χ2n) is 4.82. The first kappa shape index (κ1) is 14.2. The molecule has 2 heterocycles. The first-order valence-corrected chi connectivity index (χ1v) is 6.51. The highest BCUT2D eigenvalue weighted by Gasteiger charge is 2.14. The molecule has 0 saturated carbocycles. The van der Waals surface area contributed by atoms with Crippen molar-refractivity contribution in [2.24, 2.45) is 12.9 Å². The van der Waals surface area contributed by atoms with E-state index in [0.717, 1.165) is 23.6 Å². The maximum absolute atomic E-state index is 5.49. The Kier molecular flexibility index (Phi) is 4.46. The molecule has 0 atom stereocenters. The highest BCUT2D eigenvalue weighted by molar-refractivity contribution is 5.58. The summed E-state index contributed by atoms with van der Waals surface area (Å²) in [6.07, 6.45) is 3.95. The molecule has 0 aliphatic rings. The number of rotatable bonds is 6. The van der Waals surface area contributed by atoms with E-state index in [-0.39, 0.29) is 5.92 Å². The van der Waals surface area contributed by atoms with Crippen LogP contribution < -0.4 is 16.6 Å². The van der Waals surface area contributed by atoms with Crippen LogP contribution in [0.2, 0.25) is 0 Å². The topological polar surface area (TPSA) is 107 Å². The molecule has 0 bridgehead atoms. The fourth-order valence-corrected chi connectivity index (χ4v) is 2.02. The van der Waals surface area contributed by atoms with Crippen molar-refractivity contribution in [1.82, 2.24) is 24.7 Å². The van der Waals surface area contributed by atoms with Crippen molar-refractivity contribution >= 4 is 11.6 Å². The molecule has 8 heteroatoms. The number of aryl methyl sites for hydroxylation is 1. The molecule has 0 aliphatic heterocycles. The molecule has 2 aromatic heterocycles. The van der Waals surface area contributed by atoms with Gasteiger partial charge in [0.15, 0.2) is 0 Å². The van der Waals surface area contributed by atoms with Gasteiger partial charge in [-0.25, -0.2) is 15.8 Å². The standard InChI is InChI=1S/C12H20N8/c1-8(2)10-11(15-6-16-12(10)18-13)14-5-4-9-19-17-7-20(9)3/h6-8H,4-5,13H2,1-3H3,(H2,14,15,16,18). The number of anilines is 2. The predicted octanol–water partition coefficient (Wildman–Crippen LogP) is 0.669. The summed E-state index contributed by atoms with van der Waals surface area (Å²) in [5.74, 6) is 8.13. The maximum atomic E-state index is 5.49. The van der Waals surface area contributed by atoms with Gasteiger partial charge in [0.05, 0.1) is 0 Å². The van der Waals surface area contributed by atoms with Crippen LogP contribution in [-0.4, -0.2) is 31.3 Å². The third-order valence-electron chi connectivity index (χ3n) is 3.04. The van der Waals surface area contributed by atoms with Gasteiger partial charge in [0.2, 0.25) is 0 Å². The lowest BCUT2D eigenvalue weighted by atomic mass is 10.0. The monoisotopic (exact) mass is 276 g/mol. The van der Waals surface area contributed by atoms with Gasteiger partial charge in [-0.15, -0.1) is 10.2 Å². The summed E-state index contributed by atoms with van der Waals surface area (Å²) in [6, 6.07) is 0. The highest BCUT2D eigenvalue weighted by atomic mass is 15.3. The Balaban J connectivity index is 2.07. The lowest BCUT2D eigenvalue weighted by Gasteiger charge is -2.16. The van der Waals surface area contributed by atoms with E-state index in [2.05, 4.69) is 44.8 Å². The average Bonchev–Trinajstić information content (AvgIpc) is 2.84. The molecule has 8 nitrogen and oxygen atoms in total. The minimum atomic E-state index is 0.263. The Morgan fingerprint density at radius 2 is 2.05 bits per heavy atom. The SMILES string of the molecule is CC(C)c1c(NN)ncnc1NCCc1nncn1C. The normalized spacial score (nSPS) is 10.8. The van der Waals surface area contributed by atoms with Crippen molar-refractivity contribution < 1.29 is 0 Å². The Hall–Kier alpha value is -2.22. The zero-order valence-electron chi connectivity index (χ0n) is 12.0. The predicted molar refractivity (Wildman–Crippen MR) is 77.1 cm³/mol. The van der Waals surface area contributed by atoms with Crippen molar-refractivity contribution in [2.75, 3.05) is 17.3 Å². The van der Waals surface area contributed by atoms with Gasteiger partial charge in [-0.05, 0) is 5.92 Å². The van der Waals surface area contributed by atoms with E-state index in [4.69, 9.17) is 5.84 Å². The molecule has 0 spiro atoms. The summed E-state index contributed by atoms with van der Waals surface area (Å²) in [6.45, 7) is 4.87. The zero-order chi connectivity index (χ0) is 14.5. The van der Waals surface area contributed by atoms with Crippen LogP contribution in [0.1, 0.15) is 31.2 Å². The number of hydrogen-bond acceptors (Lipinski definition) is 7. The van der Waals surface area contributed by atoms with Crippen LogP contribution in [0.15, 0.2) is 12.7 Å². The summed E-state index contributed by atoms with van der Waals surface area (Å²) < 4.78 is 1.90. The number of nitrogens with two attached hydrogens (primary N) is 1. The van der Waals surface area contributed by atoms with Crippen molar-refractivity contribution in [3.63, 3.8) is 0 Å². The second kappa shape index (κ2) is 6.29. The average molecular weight is 276 g/mol. The number of hydrogen-bond donors (Lipinski definition) is 3. The van der Waals surface area contributed by atoms with E-state index < -0.39 is 0 Å². The van der Waals surface area contributed by atoms with Crippen LogP contribution in [0.25, 0.3) is 0 Å². The first-order valence-electron chi connectivity index (χ1n) is 6.51.